The Hall–Kier alpha value is -3.57. The number of aromatic amines is 1. The Balaban J connectivity index is 1.40. The van der Waals surface area contributed by atoms with Crippen molar-refractivity contribution >= 4 is 58.3 Å². The zero-order valence-electron chi connectivity index (χ0n) is 19.0. The van der Waals surface area contributed by atoms with Gasteiger partial charge in [0.15, 0.2) is 9.88 Å². The zero-order valence-corrected chi connectivity index (χ0v) is 20.6. The second-order valence-corrected chi connectivity index (χ2v) is 9.12. The van der Waals surface area contributed by atoms with Gasteiger partial charge in [-0.15, -0.1) is 0 Å². The molecule has 0 radical (unpaired) electrons. The highest BCUT2D eigenvalue weighted by Gasteiger charge is 2.24. The number of primary amides is 1. The summed E-state index contributed by atoms with van der Waals surface area (Å²) in [5.74, 6) is -0.994. The highest BCUT2D eigenvalue weighted by atomic mass is 32.1. The highest BCUT2D eigenvalue weighted by Crippen LogP contribution is 2.18. The van der Waals surface area contributed by atoms with Crippen LogP contribution in [0.4, 0.5) is 0 Å². The number of carbonyl (C=O) groups is 3. The van der Waals surface area contributed by atoms with E-state index in [0.29, 0.717) is 35.0 Å². The van der Waals surface area contributed by atoms with E-state index in [4.69, 9.17) is 30.2 Å². The zero-order chi connectivity index (χ0) is 24.9. The maximum Gasteiger partial charge on any atom is 0.252 e. The van der Waals surface area contributed by atoms with Gasteiger partial charge in [-0.25, -0.2) is 0 Å². The number of nitrogens with one attached hydrogen (secondary N) is 3. The van der Waals surface area contributed by atoms with Crippen LogP contribution in [0.25, 0.3) is 11.0 Å². The van der Waals surface area contributed by atoms with E-state index >= 15 is 0 Å². The van der Waals surface area contributed by atoms with Crippen molar-refractivity contribution in [2.75, 3.05) is 13.1 Å². The van der Waals surface area contributed by atoms with E-state index in [-0.39, 0.29) is 12.5 Å². The number of thiocarbonyl (C=S) groups is 1. The molecule has 1 saturated heterocycles. The molecule has 1 aliphatic heterocycles. The summed E-state index contributed by atoms with van der Waals surface area (Å²) < 4.78 is 2.52. The normalized spacial score (nSPS) is 14.2. The van der Waals surface area contributed by atoms with Crippen molar-refractivity contribution in [3.8, 4) is 0 Å². The quantitative estimate of drug-likeness (QED) is 0.244. The van der Waals surface area contributed by atoms with Gasteiger partial charge in [-0.05, 0) is 61.0 Å². The molecule has 0 bridgehead atoms. The Bertz CT molecular complexity index is 1320. The van der Waals surface area contributed by atoms with Gasteiger partial charge in [0.25, 0.3) is 5.91 Å². The topological polar surface area (TPSA) is 125 Å². The molecule has 0 unspecified atom stereocenters. The van der Waals surface area contributed by atoms with Gasteiger partial charge in [0, 0.05) is 25.1 Å². The summed E-state index contributed by atoms with van der Waals surface area (Å²) >= 11 is 10.6. The van der Waals surface area contributed by atoms with Gasteiger partial charge in [0.05, 0.1) is 17.6 Å². The van der Waals surface area contributed by atoms with Crippen LogP contribution in [-0.4, -0.2) is 56.4 Å². The molecule has 4 rings (SSSR count). The molecular formula is C24H26N6O3S2. The van der Waals surface area contributed by atoms with Crippen LogP contribution in [0.1, 0.15) is 28.8 Å². The number of rotatable bonds is 10. The molecule has 9 nitrogen and oxygen atoms in total. The fourth-order valence-corrected chi connectivity index (χ4v) is 4.63. The summed E-state index contributed by atoms with van der Waals surface area (Å²) in [4.78, 5) is 41.3. The number of fused-ring (bicyclic) bond motifs is 1. The molecule has 0 saturated carbocycles. The lowest BCUT2D eigenvalue weighted by atomic mass is 10.0. The third kappa shape index (κ3) is 5.75. The summed E-state index contributed by atoms with van der Waals surface area (Å²) in [5, 5.41) is 6.09. The van der Waals surface area contributed by atoms with Crippen LogP contribution in [0.5, 0.6) is 0 Å². The number of carbonyl (C=O) groups excluding carboxylic acids is 3. The number of H-pyrrole nitrogens is 1. The third-order valence-electron chi connectivity index (χ3n) is 5.92. The first kappa shape index (κ1) is 24.6. The fraction of sp³-hybridized carbons (Fsp3) is 0.292. The number of imidazole rings is 1. The Morgan fingerprint density at radius 1 is 1.09 bits per heavy atom. The molecule has 1 atom stereocenters. The highest BCUT2D eigenvalue weighted by molar-refractivity contribution is 7.80. The molecule has 2 heterocycles. The number of hydrogen-bond donors (Lipinski definition) is 4. The maximum absolute atomic E-state index is 12.9. The van der Waals surface area contributed by atoms with E-state index in [1.165, 1.54) is 0 Å². The first-order chi connectivity index (χ1) is 16.8. The molecule has 35 heavy (non-hydrogen) atoms. The average Bonchev–Trinajstić information content (AvgIpc) is 3.33. The second kappa shape index (κ2) is 10.8. The second-order valence-electron chi connectivity index (χ2n) is 8.34. The van der Waals surface area contributed by atoms with Crippen molar-refractivity contribution in [1.29, 1.82) is 0 Å². The van der Waals surface area contributed by atoms with Gasteiger partial charge >= 0.3 is 0 Å². The summed E-state index contributed by atoms with van der Waals surface area (Å²) in [6.45, 7) is 1.48. The van der Waals surface area contributed by atoms with Gasteiger partial charge in [-0.2, -0.15) is 0 Å². The summed E-state index contributed by atoms with van der Waals surface area (Å²) in [7, 11) is 0. The monoisotopic (exact) mass is 510 g/mol. The molecule has 3 aromatic rings. The number of unbranched alkanes of at least 4 members (excludes halogenated alkanes) is 1. The fourth-order valence-electron chi connectivity index (χ4n) is 4.06. The number of nitrogens with two attached hydrogens (primary N) is 1. The van der Waals surface area contributed by atoms with Crippen LogP contribution in [0, 0.1) is 4.77 Å². The van der Waals surface area contributed by atoms with Gasteiger partial charge in [0.2, 0.25) is 11.8 Å². The van der Waals surface area contributed by atoms with Crippen molar-refractivity contribution in [3.05, 3.63) is 64.4 Å². The molecule has 0 aliphatic carbocycles. The van der Waals surface area contributed by atoms with Crippen LogP contribution in [0.2, 0.25) is 0 Å². The van der Waals surface area contributed by atoms with Crippen LogP contribution in [0.3, 0.4) is 0 Å². The van der Waals surface area contributed by atoms with E-state index in [9.17, 15) is 14.4 Å². The first-order valence-corrected chi connectivity index (χ1v) is 12.1. The minimum absolute atomic E-state index is 0.00754. The standard InChI is InChI=1S/C24H26N6O3S2/c25-21(32)18(12-15-6-2-1-3-7-15)27-22(33)16-8-9-19-17(13-16)28-24(35)29(19)10-4-5-11-30-20(31)14-26-23(30)34/h1-3,6-9,13,18H,4-5,10-12,14H2,(H2,25,32)(H,26,34)(H,27,33)(H,28,35)/t18-/m0/s1. The minimum atomic E-state index is -0.825. The molecular weight excluding hydrogens is 484 g/mol. The van der Waals surface area contributed by atoms with Gasteiger partial charge < -0.3 is 25.9 Å². The van der Waals surface area contributed by atoms with Crippen LogP contribution in [0.15, 0.2) is 48.5 Å². The van der Waals surface area contributed by atoms with Gasteiger partial charge in [0.1, 0.15) is 6.04 Å². The van der Waals surface area contributed by atoms with Crippen LogP contribution in [-0.2, 0) is 22.6 Å². The molecule has 1 fully saturated rings. The Morgan fingerprint density at radius 2 is 1.83 bits per heavy atom. The number of benzene rings is 2. The number of hydrogen-bond acceptors (Lipinski definition) is 5. The van der Waals surface area contributed by atoms with Crippen molar-refractivity contribution in [2.45, 2.75) is 31.8 Å². The number of amides is 3. The predicted octanol–water partition coefficient (Wildman–Crippen LogP) is 2.02. The van der Waals surface area contributed by atoms with Crippen LogP contribution >= 0.6 is 24.4 Å². The minimum Gasteiger partial charge on any atom is -0.368 e. The molecule has 3 amide bonds. The number of nitrogens with zero attached hydrogens (tertiary/aromatic N) is 2. The Kier molecular flexibility index (Phi) is 7.57. The SMILES string of the molecule is NC(=O)[C@H](Cc1ccccc1)NC(=O)c1ccc2c(c1)[nH]c(=S)n2CCCCN1C(=O)CNC1=S. The summed E-state index contributed by atoms with van der Waals surface area (Å²) in [6, 6.07) is 13.8. The number of aromatic nitrogens is 2. The van der Waals surface area contributed by atoms with E-state index in [0.717, 1.165) is 29.4 Å². The summed E-state index contributed by atoms with van der Waals surface area (Å²) in [5.41, 5.74) is 8.42. The maximum atomic E-state index is 12.9. The van der Waals surface area contributed by atoms with E-state index < -0.39 is 17.9 Å². The Labute approximate surface area is 212 Å². The van der Waals surface area contributed by atoms with E-state index in [1.807, 2.05) is 41.0 Å². The van der Waals surface area contributed by atoms with Crippen molar-refractivity contribution in [3.63, 3.8) is 0 Å². The molecule has 11 heteroatoms. The molecule has 1 aliphatic rings. The molecule has 5 N–H and O–H groups in total. The number of aryl methyl sites for hydroxylation is 1. The summed E-state index contributed by atoms with van der Waals surface area (Å²) in [6.07, 6.45) is 1.89. The lowest BCUT2D eigenvalue weighted by Gasteiger charge is -2.16. The third-order valence-corrected chi connectivity index (χ3v) is 6.61. The van der Waals surface area contributed by atoms with Crippen LogP contribution < -0.4 is 16.4 Å². The van der Waals surface area contributed by atoms with Crippen molar-refractivity contribution < 1.29 is 14.4 Å². The predicted molar refractivity (Wildman–Crippen MR) is 139 cm³/mol. The molecule has 2 aromatic carbocycles. The lowest BCUT2D eigenvalue weighted by molar-refractivity contribution is -0.124. The first-order valence-electron chi connectivity index (χ1n) is 11.3. The lowest BCUT2D eigenvalue weighted by Crippen LogP contribution is -2.45. The Morgan fingerprint density at radius 3 is 2.51 bits per heavy atom. The average molecular weight is 511 g/mol. The largest absolute Gasteiger partial charge is 0.368 e. The molecule has 182 valence electrons. The van der Waals surface area contributed by atoms with Gasteiger partial charge in [-0.1, -0.05) is 30.3 Å². The molecule has 0 spiro atoms. The van der Waals surface area contributed by atoms with E-state index in [2.05, 4.69) is 15.6 Å². The molecule has 1 aromatic heterocycles. The van der Waals surface area contributed by atoms with Crippen molar-refractivity contribution in [1.82, 2.24) is 25.1 Å². The van der Waals surface area contributed by atoms with Crippen molar-refractivity contribution in [2.24, 2.45) is 5.73 Å². The van der Waals surface area contributed by atoms with E-state index in [1.54, 1.807) is 17.0 Å². The van der Waals surface area contributed by atoms with Gasteiger partial charge in [-0.3, -0.25) is 19.3 Å². The smallest absolute Gasteiger partial charge is 0.252 e.